The summed E-state index contributed by atoms with van der Waals surface area (Å²) in [5, 5.41) is 0. The molecule has 0 aromatic carbocycles. The predicted octanol–water partition coefficient (Wildman–Crippen LogP) is 3.72. The molecule has 0 aliphatic carbocycles. The summed E-state index contributed by atoms with van der Waals surface area (Å²) in [6.45, 7) is 0.833. The van der Waals surface area contributed by atoms with Gasteiger partial charge in [0.2, 0.25) is 6.43 Å². The zero-order chi connectivity index (χ0) is 12.2. The first-order valence-electron chi connectivity index (χ1n) is 2.94. The van der Waals surface area contributed by atoms with Gasteiger partial charge >= 0.3 is 12.4 Å². The van der Waals surface area contributed by atoms with Gasteiger partial charge in [-0.1, -0.05) is 0 Å². The third-order valence-electron chi connectivity index (χ3n) is 0.575. The fourth-order valence-electron chi connectivity index (χ4n) is 0.186. The van der Waals surface area contributed by atoms with Gasteiger partial charge in [0.25, 0.3) is 6.17 Å². The molecule has 0 amide bonds. The van der Waals surface area contributed by atoms with Crippen LogP contribution in [-0.2, 0) is 0 Å². The molecular weight excluding hydrogens is 231 g/mol. The molecule has 9 heteroatoms. The largest absolute Gasteiger partial charge is 0.428 e. The topological polar surface area (TPSA) is 0 Å². The Balaban J connectivity index is 0. The average molecular weight is 236 g/mol. The molecule has 0 aliphatic heterocycles. The lowest BCUT2D eigenvalue weighted by Crippen LogP contribution is -2.38. The minimum absolute atomic E-state index is 0.833. The van der Waals surface area contributed by atoms with Gasteiger partial charge in [-0.3, -0.25) is 0 Å². The second-order valence-electron chi connectivity index (χ2n) is 1.96. The smallest absolute Gasteiger partial charge is 0.227 e. The molecule has 0 aromatic rings. The van der Waals surface area contributed by atoms with E-state index in [1.54, 1.807) is 0 Å². The van der Waals surface area contributed by atoms with Crippen LogP contribution in [0.3, 0.4) is 0 Å². The number of rotatable bonds is 0. The van der Waals surface area contributed by atoms with E-state index in [0.29, 0.717) is 0 Å². The number of hydrogen-bond acceptors (Lipinski definition) is 0. The predicted molar refractivity (Wildman–Crippen MR) is 28.7 cm³/mol. The lowest BCUT2D eigenvalue weighted by Gasteiger charge is -2.14. The zero-order valence-corrected chi connectivity index (χ0v) is 6.56. The van der Waals surface area contributed by atoms with Gasteiger partial charge in [0.15, 0.2) is 0 Å². The van der Waals surface area contributed by atoms with Crippen molar-refractivity contribution in [3.8, 4) is 0 Å². The first-order chi connectivity index (χ1) is 5.89. The third-order valence-corrected chi connectivity index (χ3v) is 0.575. The molecule has 0 rings (SSSR count). The van der Waals surface area contributed by atoms with Gasteiger partial charge < -0.3 is 0 Å². The molecule has 0 aliphatic rings. The Kier molecular flexibility index (Phi) is 5.99. The summed E-state index contributed by atoms with van der Waals surface area (Å²) in [6, 6.07) is 0. The molecule has 0 nitrogen and oxygen atoms in total. The third kappa shape index (κ3) is 9.46. The van der Waals surface area contributed by atoms with Crippen LogP contribution < -0.4 is 0 Å². The Hall–Kier alpha value is -0.630. The van der Waals surface area contributed by atoms with Crippen LogP contribution in [0.15, 0.2) is 0 Å². The molecule has 0 aromatic heterocycles. The summed E-state index contributed by atoms with van der Waals surface area (Å²) < 4.78 is 96.9. The molecule has 0 bridgehead atoms. The second kappa shape index (κ2) is 5.30. The van der Waals surface area contributed by atoms with Gasteiger partial charge in [0, 0.05) is 0 Å². The Morgan fingerprint density at radius 2 is 0.857 bits per heavy atom. The van der Waals surface area contributed by atoms with E-state index in [0.717, 1.165) is 6.92 Å². The van der Waals surface area contributed by atoms with Crippen molar-refractivity contribution < 1.29 is 39.5 Å². The maximum absolute atomic E-state index is 11.2. The van der Waals surface area contributed by atoms with Crippen LogP contribution >= 0.6 is 0 Å². The van der Waals surface area contributed by atoms with E-state index in [-0.39, 0.29) is 0 Å². The summed E-state index contributed by atoms with van der Waals surface area (Å²) in [7, 11) is 0. The zero-order valence-electron chi connectivity index (χ0n) is 6.56. The van der Waals surface area contributed by atoms with Crippen molar-refractivity contribution >= 4 is 0 Å². The first-order valence-corrected chi connectivity index (χ1v) is 2.94. The molecule has 0 heterocycles. The van der Waals surface area contributed by atoms with Crippen molar-refractivity contribution in [2.75, 3.05) is 0 Å². The van der Waals surface area contributed by atoms with Gasteiger partial charge in [-0.2, -0.15) is 26.3 Å². The van der Waals surface area contributed by atoms with E-state index in [2.05, 4.69) is 0 Å². The van der Waals surface area contributed by atoms with Crippen molar-refractivity contribution in [2.24, 2.45) is 0 Å². The number of hydrogen-bond donors (Lipinski definition) is 0. The summed E-state index contributed by atoms with van der Waals surface area (Å²) >= 11 is 0. The summed E-state index contributed by atoms with van der Waals surface area (Å²) in [5.74, 6) is 0. The van der Waals surface area contributed by atoms with E-state index in [1.165, 1.54) is 0 Å². The average Bonchev–Trinajstić information content (AvgIpc) is 1.80. The molecule has 0 saturated carbocycles. The molecule has 14 heavy (non-hydrogen) atoms. The van der Waals surface area contributed by atoms with Crippen molar-refractivity contribution in [1.82, 2.24) is 0 Å². The van der Waals surface area contributed by atoms with Crippen LogP contribution in [0.5, 0.6) is 0 Å². The van der Waals surface area contributed by atoms with Gasteiger partial charge in [-0.15, -0.1) is 0 Å². The van der Waals surface area contributed by atoms with E-state index in [1.807, 2.05) is 0 Å². The Morgan fingerprint density at radius 1 is 0.714 bits per heavy atom. The quantitative estimate of drug-likeness (QED) is 0.562. The van der Waals surface area contributed by atoms with Crippen LogP contribution in [-0.4, -0.2) is 24.9 Å². The maximum Gasteiger partial charge on any atom is 0.428 e. The fourth-order valence-corrected chi connectivity index (χ4v) is 0.186. The van der Waals surface area contributed by atoms with Gasteiger partial charge in [-0.25, -0.2) is 13.2 Å². The van der Waals surface area contributed by atoms with Crippen LogP contribution in [0.4, 0.5) is 39.5 Å². The van der Waals surface area contributed by atoms with Gasteiger partial charge in [0.05, 0.1) is 0 Å². The Bertz CT molecular complexity index is 126. The second-order valence-corrected chi connectivity index (χ2v) is 1.96. The highest BCUT2D eigenvalue weighted by molar-refractivity contribution is 4.73. The standard InChI is InChI=1S/C3HF7.C2H4F2/c4-1(2(5,6)7)3(8,9)10;1-2(3)4/h1H;2H,1H3. The van der Waals surface area contributed by atoms with Crippen LogP contribution in [0, 0.1) is 0 Å². The molecule has 88 valence electrons. The monoisotopic (exact) mass is 236 g/mol. The summed E-state index contributed by atoms with van der Waals surface area (Å²) in [5.41, 5.74) is 0. The number of halogens is 9. The molecule has 0 spiro atoms. The minimum Gasteiger partial charge on any atom is -0.227 e. The van der Waals surface area contributed by atoms with E-state index < -0.39 is 24.9 Å². The lowest BCUT2D eigenvalue weighted by molar-refractivity contribution is -0.285. The molecule has 0 saturated heterocycles. The lowest BCUT2D eigenvalue weighted by atomic mass is 10.4. The highest BCUT2D eigenvalue weighted by atomic mass is 19.4. The Morgan fingerprint density at radius 3 is 0.857 bits per heavy atom. The highest BCUT2D eigenvalue weighted by Gasteiger charge is 2.57. The van der Waals surface area contributed by atoms with Crippen molar-refractivity contribution in [2.45, 2.75) is 31.9 Å². The minimum atomic E-state index is -5.85. The van der Waals surface area contributed by atoms with E-state index in [9.17, 15) is 39.5 Å². The first kappa shape index (κ1) is 15.8. The Labute approximate surface area is 72.7 Å². The summed E-state index contributed by atoms with van der Waals surface area (Å²) in [4.78, 5) is 0. The van der Waals surface area contributed by atoms with Crippen molar-refractivity contribution in [3.63, 3.8) is 0 Å². The van der Waals surface area contributed by atoms with Crippen LogP contribution in [0.2, 0.25) is 0 Å². The van der Waals surface area contributed by atoms with Crippen LogP contribution in [0.1, 0.15) is 6.92 Å². The van der Waals surface area contributed by atoms with E-state index in [4.69, 9.17) is 0 Å². The van der Waals surface area contributed by atoms with Gasteiger partial charge in [-0.05, 0) is 6.92 Å². The molecule has 0 fully saturated rings. The van der Waals surface area contributed by atoms with Crippen LogP contribution in [0.25, 0.3) is 0 Å². The molecule has 0 unspecified atom stereocenters. The highest BCUT2D eigenvalue weighted by Crippen LogP contribution is 2.35. The fraction of sp³-hybridized carbons (Fsp3) is 1.00. The molecule has 0 radical (unpaired) electrons. The normalized spacial score (nSPS) is 12.9. The van der Waals surface area contributed by atoms with Gasteiger partial charge in [0.1, 0.15) is 0 Å². The number of alkyl halides is 9. The summed E-state index contributed by atoms with van der Waals surface area (Å²) in [6.07, 6.45) is -18.6. The molecular formula is C5H5F9. The molecule has 0 N–H and O–H groups in total. The SMILES string of the molecule is CC(F)F.FC(C(F)(F)F)C(F)(F)F. The van der Waals surface area contributed by atoms with Crippen molar-refractivity contribution in [3.05, 3.63) is 0 Å². The maximum atomic E-state index is 11.2. The molecule has 0 atom stereocenters. The van der Waals surface area contributed by atoms with E-state index >= 15 is 0 Å². The van der Waals surface area contributed by atoms with Crippen molar-refractivity contribution in [1.29, 1.82) is 0 Å².